The van der Waals surface area contributed by atoms with Crippen LogP contribution in [0.2, 0.25) is 0 Å². The van der Waals surface area contributed by atoms with E-state index in [2.05, 4.69) is 43.0 Å². The van der Waals surface area contributed by atoms with E-state index >= 15 is 0 Å². The first-order valence-electron chi connectivity index (χ1n) is 8.15. The number of carbonyl (C=O) groups is 1. The molecule has 0 bridgehead atoms. The van der Waals surface area contributed by atoms with Gasteiger partial charge in [-0.3, -0.25) is 9.69 Å². The molecule has 1 saturated heterocycles. The smallest absolute Gasteiger partial charge is 0.266 e. The monoisotopic (exact) mass is 376 g/mol. The molecular formula is C18H20N2OS3. The van der Waals surface area contributed by atoms with Crippen LogP contribution in [0.5, 0.6) is 0 Å². The second kappa shape index (κ2) is 7.76. The molecule has 0 unspecified atom stereocenters. The molecule has 0 aliphatic carbocycles. The van der Waals surface area contributed by atoms with Crippen LogP contribution in [-0.4, -0.2) is 28.2 Å². The van der Waals surface area contributed by atoms with Crippen molar-refractivity contribution < 1.29 is 4.79 Å². The molecule has 0 spiro atoms. The van der Waals surface area contributed by atoms with Gasteiger partial charge >= 0.3 is 0 Å². The first kappa shape index (κ1) is 17.6. The van der Waals surface area contributed by atoms with E-state index in [0.29, 0.717) is 4.32 Å². The topological polar surface area (TPSA) is 23.6 Å². The number of amides is 1. The molecule has 126 valence electrons. The van der Waals surface area contributed by atoms with Crippen LogP contribution >= 0.6 is 35.7 Å². The number of rotatable bonds is 5. The molecule has 0 N–H and O–H groups in total. The summed E-state index contributed by atoms with van der Waals surface area (Å²) >= 11 is 8.50. The van der Waals surface area contributed by atoms with Gasteiger partial charge in [0, 0.05) is 18.0 Å². The molecule has 2 aliphatic rings. The summed E-state index contributed by atoms with van der Waals surface area (Å²) < 4.78 is 0.674. The predicted molar refractivity (Wildman–Crippen MR) is 108 cm³/mol. The average molecular weight is 377 g/mol. The van der Waals surface area contributed by atoms with Crippen LogP contribution in [-0.2, 0) is 4.79 Å². The van der Waals surface area contributed by atoms with Gasteiger partial charge in [0.1, 0.15) is 4.32 Å². The summed E-state index contributed by atoms with van der Waals surface area (Å²) in [5.74, 6) is 0.0406. The number of anilines is 1. The SMILES string of the molecule is CCCCN1C(=O)/C(=C\C=C2/Sc3ccccc3N2CC)SC1=S. The van der Waals surface area contributed by atoms with E-state index in [1.54, 1.807) is 16.7 Å². The van der Waals surface area contributed by atoms with E-state index in [4.69, 9.17) is 12.2 Å². The van der Waals surface area contributed by atoms with Crippen LogP contribution in [0.3, 0.4) is 0 Å². The summed E-state index contributed by atoms with van der Waals surface area (Å²) in [5, 5.41) is 1.15. The van der Waals surface area contributed by atoms with Crippen LogP contribution in [0.15, 0.2) is 51.2 Å². The third kappa shape index (κ3) is 3.41. The molecule has 6 heteroatoms. The minimum atomic E-state index is 0.0406. The highest BCUT2D eigenvalue weighted by Gasteiger charge is 2.31. The third-order valence-corrected chi connectivity index (χ3v) is 6.47. The van der Waals surface area contributed by atoms with E-state index in [9.17, 15) is 4.79 Å². The van der Waals surface area contributed by atoms with E-state index in [1.165, 1.54) is 22.3 Å². The van der Waals surface area contributed by atoms with Gasteiger partial charge in [0.2, 0.25) is 0 Å². The van der Waals surface area contributed by atoms with Crippen LogP contribution in [0, 0.1) is 0 Å². The highest BCUT2D eigenvalue weighted by Crippen LogP contribution is 2.45. The molecule has 1 fully saturated rings. The summed E-state index contributed by atoms with van der Waals surface area (Å²) in [7, 11) is 0. The number of hydrogen-bond acceptors (Lipinski definition) is 5. The van der Waals surface area contributed by atoms with Crippen LogP contribution in [0.1, 0.15) is 26.7 Å². The number of hydrogen-bond donors (Lipinski definition) is 0. The molecule has 0 atom stereocenters. The van der Waals surface area contributed by atoms with Gasteiger partial charge in [0.25, 0.3) is 5.91 Å². The molecule has 3 nitrogen and oxygen atoms in total. The number of thiocarbonyl (C=S) groups is 1. The number of thioether (sulfide) groups is 2. The Morgan fingerprint density at radius 1 is 1.12 bits per heavy atom. The summed E-state index contributed by atoms with van der Waals surface area (Å²) in [5.41, 5.74) is 1.24. The standard InChI is InChI=1S/C18H20N2OS3/c1-3-5-12-20-17(21)15(24-18(20)22)10-11-16-19(4-2)13-8-6-7-9-14(13)23-16/h6-11H,3-5,12H2,1-2H3/b15-10+,16-11-. The number of para-hydroxylation sites is 1. The van der Waals surface area contributed by atoms with Crippen molar-refractivity contribution in [3.63, 3.8) is 0 Å². The fraction of sp³-hybridized carbons (Fsp3) is 0.333. The fourth-order valence-corrected chi connectivity index (χ4v) is 5.05. The highest BCUT2D eigenvalue weighted by molar-refractivity contribution is 8.26. The predicted octanol–water partition coefficient (Wildman–Crippen LogP) is 5.00. The lowest BCUT2D eigenvalue weighted by Crippen LogP contribution is -2.28. The number of nitrogens with zero attached hydrogens (tertiary/aromatic N) is 2. The Labute approximate surface area is 157 Å². The summed E-state index contributed by atoms with van der Waals surface area (Å²) in [4.78, 5) is 18.5. The molecule has 1 aromatic carbocycles. The Morgan fingerprint density at radius 2 is 1.92 bits per heavy atom. The van der Waals surface area contributed by atoms with Crippen LogP contribution in [0.25, 0.3) is 0 Å². The van der Waals surface area contributed by atoms with Crippen LogP contribution < -0.4 is 4.90 Å². The zero-order valence-electron chi connectivity index (χ0n) is 13.8. The lowest BCUT2D eigenvalue weighted by molar-refractivity contribution is -0.122. The Bertz CT molecular complexity index is 727. The Hall–Kier alpha value is -1.24. The number of benzene rings is 1. The Morgan fingerprint density at radius 3 is 2.67 bits per heavy atom. The molecule has 2 aliphatic heterocycles. The Balaban J connectivity index is 1.79. The van der Waals surface area contributed by atoms with Crippen molar-refractivity contribution in [1.29, 1.82) is 0 Å². The average Bonchev–Trinajstić information content (AvgIpc) is 3.08. The zero-order chi connectivity index (χ0) is 17.1. The second-order valence-electron chi connectivity index (χ2n) is 5.53. The molecule has 0 radical (unpaired) electrons. The maximum Gasteiger partial charge on any atom is 0.266 e. The fourth-order valence-electron chi connectivity index (χ4n) is 2.67. The minimum absolute atomic E-state index is 0.0406. The molecule has 24 heavy (non-hydrogen) atoms. The lowest BCUT2D eigenvalue weighted by Gasteiger charge is -2.17. The summed E-state index contributed by atoms with van der Waals surface area (Å²) in [6.07, 6.45) is 6.00. The molecular weight excluding hydrogens is 356 g/mol. The van der Waals surface area contributed by atoms with Crippen molar-refractivity contribution in [2.75, 3.05) is 18.0 Å². The number of carbonyl (C=O) groups excluding carboxylic acids is 1. The van der Waals surface area contributed by atoms with Gasteiger partial charge < -0.3 is 4.90 Å². The normalized spacial score (nSPS) is 20.6. The number of fused-ring (bicyclic) bond motifs is 1. The van der Waals surface area contributed by atoms with Crippen LogP contribution in [0.4, 0.5) is 5.69 Å². The largest absolute Gasteiger partial charge is 0.335 e. The molecule has 2 heterocycles. The number of allylic oxidation sites excluding steroid dienone is 2. The van der Waals surface area contributed by atoms with Gasteiger partial charge in [-0.2, -0.15) is 0 Å². The maximum absolute atomic E-state index is 12.5. The quantitative estimate of drug-likeness (QED) is 0.531. The van der Waals surface area contributed by atoms with Crippen molar-refractivity contribution >= 4 is 51.7 Å². The molecule has 0 aromatic heterocycles. The van der Waals surface area contributed by atoms with Gasteiger partial charge in [-0.1, -0.05) is 61.2 Å². The maximum atomic E-state index is 12.5. The van der Waals surface area contributed by atoms with Gasteiger partial charge in [0.15, 0.2) is 0 Å². The zero-order valence-corrected chi connectivity index (χ0v) is 16.3. The van der Waals surface area contributed by atoms with E-state index in [0.717, 1.165) is 35.9 Å². The van der Waals surface area contributed by atoms with Gasteiger partial charge in [0.05, 0.1) is 15.6 Å². The van der Waals surface area contributed by atoms with Crippen molar-refractivity contribution in [3.05, 3.63) is 46.4 Å². The van der Waals surface area contributed by atoms with Gasteiger partial charge in [-0.25, -0.2) is 0 Å². The molecule has 0 saturated carbocycles. The van der Waals surface area contributed by atoms with E-state index in [-0.39, 0.29) is 5.91 Å². The van der Waals surface area contributed by atoms with Gasteiger partial charge in [-0.15, -0.1) is 0 Å². The molecule has 1 aromatic rings. The van der Waals surface area contributed by atoms with Crippen molar-refractivity contribution in [3.8, 4) is 0 Å². The van der Waals surface area contributed by atoms with E-state index in [1.807, 2.05) is 12.2 Å². The first-order valence-corrected chi connectivity index (χ1v) is 10.2. The third-order valence-electron chi connectivity index (χ3n) is 3.94. The number of unbranched alkanes of at least 4 members (excludes halogenated alkanes) is 1. The van der Waals surface area contributed by atoms with Crippen molar-refractivity contribution in [2.24, 2.45) is 0 Å². The van der Waals surface area contributed by atoms with Gasteiger partial charge in [-0.05, 0) is 37.6 Å². The summed E-state index contributed by atoms with van der Waals surface area (Å²) in [6, 6.07) is 8.38. The minimum Gasteiger partial charge on any atom is -0.335 e. The molecule has 1 amide bonds. The molecule has 3 rings (SSSR count). The highest BCUT2D eigenvalue weighted by atomic mass is 32.2. The second-order valence-corrected chi connectivity index (χ2v) is 8.27. The lowest BCUT2D eigenvalue weighted by atomic mass is 10.3. The van der Waals surface area contributed by atoms with Crippen molar-refractivity contribution in [2.45, 2.75) is 31.6 Å². The summed E-state index contributed by atoms with van der Waals surface area (Å²) in [6.45, 7) is 5.88. The van der Waals surface area contributed by atoms with Crippen molar-refractivity contribution in [1.82, 2.24) is 4.90 Å². The Kier molecular flexibility index (Phi) is 5.69. The first-order chi connectivity index (χ1) is 11.7. The van der Waals surface area contributed by atoms with E-state index < -0.39 is 0 Å².